The van der Waals surface area contributed by atoms with Gasteiger partial charge in [0.1, 0.15) is 10.8 Å². The first-order chi connectivity index (χ1) is 13.7. The smallest absolute Gasteiger partial charge is 0.194 e. The van der Waals surface area contributed by atoms with Crippen LogP contribution in [-0.4, -0.2) is 21.5 Å². The van der Waals surface area contributed by atoms with Gasteiger partial charge in [-0.2, -0.15) is 0 Å². The topological polar surface area (TPSA) is 39.4 Å². The van der Waals surface area contributed by atoms with Gasteiger partial charge in [-0.15, -0.1) is 22.7 Å². The Balaban J connectivity index is 1.51. The van der Waals surface area contributed by atoms with Crippen LogP contribution in [0.4, 0.5) is 0 Å². The quantitative estimate of drug-likeness (QED) is 0.360. The lowest BCUT2D eigenvalue weighted by Gasteiger charge is -2.00. The molecule has 138 valence electrons. The predicted octanol–water partition coefficient (Wildman–Crippen LogP) is 6.17. The summed E-state index contributed by atoms with van der Waals surface area (Å²) in [7, 11) is 1.67. The van der Waals surface area contributed by atoms with E-state index in [9.17, 15) is 0 Å². The first-order valence-electron chi connectivity index (χ1n) is 8.85. The summed E-state index contributed by atoms with van der Waals surface area (Å²) < 4.78 is 7.37. The molecule has 0 fully saturated rings. The van der Waals surface area contributed by atoms with Gasteiger partial charge in [0.2, 0.25) is 0 Å². The first-order valence-corrected chi connectivity index (χ1v) is 10.6. The van der Waals surface area contributed by atoms with Crippen LogP contribution in [0.2, 0.25) is 0 Å². The highest BCUT2D eigenvalue weighted by molar-refractivity contribution is 7.16. The number of benzene rings is 2. The Labute approximate surface area is 170 Å². The third kappa shape index (κ3) is 3.00. The minimum Gasteiger partial charge on any atom is -0.497 e. The van der Waals surface area contributed by atoms with Gasteiger partial charge in [-0.25, -0.2) is 9.97 Å². The van der Waals surface area contributed by atoms with E-state index in [2.05, 4.69) is 52.5 Å². The maximum Gasteiger partial charge on any atom is 0.194 e. The average molecular weight is 404 g/mol. The van der Waals surface area contributed by atoms with Crippen LogP contribution >= 0.6 is 22.7 Å². The van der Waals surface area contributed by atoms with Crippen molar-refractivity contribution in [1.29, 1.82) is 0 Å². The monoisotopic (exact) mass is 403 g/mol. The molecule has 0 N–H and O–H groups in total. The number of aryl methyl sites for hydroxylation is 1. The van der Waals surface area contributed by atoms with Gasteiger partial charge in [-0.1, -0.05) is 29.8 Å². The van der Waals surface area contributed by atoms with Gasteiger partial charge in [-0.05, 0) is 31.2 Å². The molecule has 5 aromatic rings. The van der Waals surface area contributed by atoms with Crippen molar-refractivity contribution >= 4 is 27.6 Å². The molecular weight excluding hydrogens is 386 g/mol. The van der Waals surface area contributed by atoms with Crippen molar-refractivity contribution < 1.29 is 4.74 Å². The Bertz CT molecular complexity index is 1250. The zero-order valence-corrected chi connectivity index (χ0v) is 17.1. The van der Waals surface area contributed by atoms with Gasteiger partial charge in [-0.3, -0.25) is 4.40 Å². The molecule has 0 amide bonds. The highest BCUT2D eigenvalue weighted by atomic mass is 32.1. The molecule has 4 nitrogen and oxygen atoms in total. The molecule has 3 aromatic heterocycles. The number of methoxy groups -OCH3 is 1. The van der Waals surface area contributed by atoms with Crippen LogP contribution in [-0.2, 0) is 0 Å². The lowest BCUT2D eigenvalue weighted by atomic mass is 10.1. The number of imidazole rings is 1. The molecule has 2 aromatic carbocycles. The van der Waals surface area contributed by atoms with Crippen LogP contribution in [0.1, 0.15) is 5.56 Å². The fourth-order valence-corrected chi connectivity index (χ4v) is 4.86. The summed E-state index contributed by atoms with van der Waals surface area (Å²) >= 11 is 3.29. The van der Waals surface area contributed by atoms with Crippen molar-refractivity contribution in [2.75, 3.05) is 7.11 Å². The van der Waals surface area contributed by atoms with Crippen LogP contribution in [0, 0.1) is 6.92 Å². The second-order valence-corrected chi connectivity index (χ2v) is 8.23. The van der Waals surface area contributed by atoms with E-state index < -0.39 is 0 Å². The summed E-state index contributed by atoms with van der Waals surface area (Å²) in [4.78, 5) is 10.6. The Morgan fingerprint density at radius 3 is 2.29 bits per heavy atom. The van der Waals surface area contributed by atoms with E-state index in [1.807, 2.05) is 24.3 Å². The molecule has 0 saturated carbocycles. The standard InChI is InChI=1S/C22H17N3OS2/c1-14-3-5-16(6-4-14)19-12-27-21(23-19)20-13-28-22-24-18(11-25(20)22)15-7-9-17(26-2)10-8-15/h3-13H,1-2H3. The molecule has 3 heterocycles. The predicted molar refractivity (Wildman–Crippen MR) is 116 cm³/mol. The number of ether oxygens (including phenoxy) is 1. The van der Waals surface area contributed by atoms with Crippen LogP contribution < -0.4 is 4.74 Å². The van der Waals surface area contributed by atoms with Gasteiger partial charge in [0.25, 0.3) is 0 Å². The Hall–Kier alpha value is -2.96. The summed E-state index contributed by atoms with van der Waals surface area (Å²) in [5.41, 5.74) is 6.51. The minimum atomic E-state index is 0.844. The Morgan fingerprint density at radius 2 is 1.54 bits per heavy atom. The maximum absolute atomic E-state index is 5.24. The van der Waals surface area contributed by atoms with Gasteiger partial charge in [0.05, 0.1) is 24.2 Å². The summed E-state index contributed by atoms with van der Waals surface area (Å²) in [5, 5.41) is 5.24. The van der Waals surface area contributed by atoms with E-state index in [-0.39, 0.29) is 0 Å². The van der Waals surface area contributed by atoms with E-state index in [1.165, 1.54) is 5.56 Å². The Kier molecular flexibility index (Phi) is 4.22. The van der Waals surface area contributed by atoms with Gasteiger partial charge < -0.3 is 4.74 Å². The van der Waals surface area contributed by atoms with Crippen molar-refractivity contribution in [3.8, 4) is 39.0 Å². The number of fused-ring (bicyclic) bond motifs is 1. The zero-order chi connectivity index (χ0) is 19.1. The van der Waals surface area contributed by atoms with Gasteiger partial charge in [0, 0.05) is 28.1 Å². The average Bonchev–Trinajstić information content (AvgIpc) is 3.44. The summed E-state index contributed by atoms with van der Waals surface area (Å²) in [6.07, 6.45) is 2.08. The van der Waals surface area contributed by atoms with E-state index in [1.54, 1.807) is 29.8 Å². The zero-order valence-electron chi connectivity index (χ0n) is 15.4. The van der Waals surface area contributed by atoms with E-state index in [4.69, 9.17) is 14.7 Å². The number of thiazole rings is 2. The normalized spacial score (nSPS) is 11.2. The van der Waals surface area contributed by atoms with E-state index in [0.29, 0.717) is 0 Å². The molecule has 0 atom stereocenters. The first kappa shape index (κ1) is 17.2. The minimum absolute atomic E-state index is 0.844. The van der Waals surface area contributed by atoms with Crippen molar-refractivity contribution in [3.63, 3.8) is 0 Å². The molecule has 0 saturated heterocycles. The third-order valence-electron chi connectivity index (χ3n) is 4.67. The summed E-state index contributed by atoms with van der Waals surface area (Å²) in [6, 6.07) is 16.5. The lowest BCUT2D eigenvalue weighted by molar-refractivity contribution is 0.415. The number of aromatic nitrogens is 3. The second kappa shape index (κ2) is 6.89. The van der Waals surface area contributed by atoms with E-state index >= 15 is 0 Å². The Morgan fingerprint density at radius 1 is 0.821 bits per heavy atom. The number of nitrogens with zero attached hydrogens (tertiary/aromatic N) is 3. The molecule has 28 heavy (non-hydrogen) atoms. The van der Waals surface area contributed by atoms with Crippen molar-refractivity contribution in [1.82, 2.24) is 14.4 Å². The lowest BCUT2D eigenvalue weighted by Crippen LogP contribution is -1.84. The van der Waals surface area contributed by atoms with Crippen LogP contribution in [0.25, 0.3) is 38.2 Å². The molecule has 0 aliphatic heterocycles. The molecule has 5 rings (SSSR count). The van der Waals surface area contributed by atoms with E-state index in [0.717, 1.165) is 43.9 Å². The largest absolute Gasteiger partial charge is 0.497 e. The SMILES string of the molecule is COc1ccc(-c2cn3c(-c4nc(-c5ccc(C)cc5)cs4)csc3n2)cc1. The number of hydrogen-bond acceptors (Lipinski definition) is 5. The molecule has 0 radical (unpaired) electrons. The molecular formula is C22H17N3OS2. The van der Waals surface area contributed by atoms with Crippen LogP contribution in [0.3, 0.4) is 0 Å². The molecule has 6 heteroatoms. The molecule has 0 aliphatic rings. The maximum atomic E-state index is 5.24. The molecule has 0 bridgehead atoms. The summed E-state index contributed by atoms with van der Waals surface area (Å²) in [6.45, 7) is 2.10. The van der Waals surface area contributed by atoms with Gasteiger partial charge >= 0.3 is 0 Å². The number of hydrogen-bond donors (Lipinski definition) is 0. The molecule has 0 aliphatic carbocycles. The second-order valence-electron chi connectivity index (χ2n) is 6.53. The van der Waals surface area contributed by atoms with Gasteiger partial charge in [0.15, 0.2) is 4.96 Å². The summed E-state index contributed by atoms with van der Waals surface area (Å²) in [5.74, 6) is 0.844. The fraction of sp³-hybridized carbons (Fsp3) is 0.0909. The van der Waals surface area contributed by atoms with Crippen LogP contribution in [0.15, 0.2) is 65.5 Å². The fourth-order valence-electron chi connectivity index (χ4n) is 3.09. The van der Waals surface area contributed by atoms with Crippen molar-refractivity contribution in [2.45, 2.75) is 6.92 Å². The molecule has 0 spiro atoms. The third-order valence-corrected chi connectivity index (χ3v) is 6.37. The highest BCUT2D eigenvalue weighted by Crippen LogP contribution is 2.33. The highest BCUT2D eigenvalue weighted by Gasteiger charge is 2.14. The number of rotatable bonds is 4. The molecule has 0 unspecified atom stereocenters. The van der Waals surface area contributed by atoms with Crippen LogP contribution in [0.5, 0.6) is 5.75 Å². The van der Waals surface area contributed by atoms with Crippen molar-refractivity contribution in [3.05, 3.63) is 71.1 Å². The van der Waals surface area contributed by atoms with Crippen molar-refractivity contribution in [2.24, 2.45) is 0 Å².